The molecule has 2 nitrogen and oxygen atoms in total. The van der Waals surface area contributed by atoms with Crippen molar-refractivity contribution >= 4 is 0 Å². The quantitative estimate of drug-likeness (QED) is 0.705. The SMILES string of the molecule is N#CC1(c2ccc(F)cc2)CCOCC1. The summed E-state index contributed by atoms with van der Waals surface area (Å²) in [5.41, 5.74) is 0.418. The highest BCUT2D eigenvalue weighted by atomic mass is 19.1. The van der Waals surface area contributed by atoms with Crippen LogP contribution >= 0.6 is 0 Å². The third-order valence-electron chi connectivity index (χ3n) is 2.96. The molecule has 0 unspecified atom stereocenters. The van der Waals surface area contributed by atoms with Crippen molar-refractivity contribution in [3.63, 3.8) is 0 Å². The topological polar surface area (TPSA) is 33.0 Å². The lowest BCUT2D eigenvalue weighted by atomic mass is 9.75. The average Bonchev–Trinajstić information content (AvgIpc) is 2.31. The predicted octanol–water partition coefficient (Wildman–Crippen LogP) is 2.40. The molecule has 1 aromatic carbocycles. The van der Waals surface area contributed by atoms with Gasteiger partial charge in [-0.25, -0.2) is 4.39 Å². The summed E-state index contributed by atoms with van der Waals surface area (Å²) in [4.78, 5) is 0. The van der Waals surface area contributed by atoms with Gasteiger partial charge in [-0.3, -0.25) is 0 Å². The Balaban J connectivity index is 2.33. The van der Waals surface area contributed by atoms with Gasteiger partial charge in [0.2, 0.25) is 0 Å². The number of hydrogen-bond acceptors (Lipinski definition) is 2. The van der Waals surface area contributed by atoms with E-state index in [0.717, 1.165) is 5.56 Å². The maximum atomic E-state index is 12.8. The van der Waals surface area contributed by atoms with Crippen molar-refractivity contribution in [2.24, 2.45) is 0 Å². The summed E-state index contributed by atoms with van der Waals surface area (Å²) in [6.45, 7) is 1.20. The second-order valence-corrected chi connectivity index (χ2v) is 3.81. The van der Waals surface area contributed by atoms with Crippen LogP contribution in [0.2, 0.25) is 0 Å². The molecule has 1 aromatic rings. The van der Waals surface area contributed by atoms with Crippen LogP contribution < -0.4 is 0 Å². The van der Waals surface area contributed by atoms with E-state index < -0.39 is 5.41 Å². The Bertz CT molecular complexity index is 374. The van der Waals surface area contributed by atoms with Crippen LogP contribution in [0.3, 0.4) is 0 Å². The van der Waals surface area contributed by atoms with E-state index in [-0.39, 0.29) is 5.82 Å². The van der Waals surface area contributed by atoms with Crippen molar-refractivity contribution in [2.75, 3.05) is 13.2 Å². The monoisotopic (exact) mass is 205 g/mol. The number of benzene rings is 1. The molecule has 0 bridgehead atoms. The summed E-state index contributed by atoms with van der Waals surface area (Å²) in [5, 5.41) is 9.26. The molecule has 78 valence electrons. The summed E-state index contributed by atoms with van der Waals surface area (Å²) >= 11 is 0. The highest BCUT2D eigenvalue weighted by Gasteiger charge is 2.34. The first-order valence-corrected chi connectivity index (χ1v) is 5.02. The molecule has 0 N–H and O–H groups in total. The zero-order chi connectivity index (χ0) is 10.7. The molecule has 1 heterocycles. The van der Waals surface area contributed by atoms with Gasteiger partial charge in [-0.15, -0.1) is 0 Å². The zero-order valence-corrected chi connectivity index (χ0v) is 8.37. The van der Waals surface area contributed by atoms with Gasteiger partial charge >= 0.3 is 0 Å². The third kappa shape index (κ3) is 1.86. The van der Waals surface area contributed by atoms with Crippen LogP contribution in [0.15, 0.2) is 24.3 Å². The average molecular weight is 205 g/mol. The van der Waals surface area contributed by atoms with E-state index in [1.54, 1.807) is 12.1 Å². The van der Waals surface area contributed by atoms with Crippen molar-refractivity contribution in [3.8, 4) is 6.07 Å². The highest BCUT2D eigenvalue weighted by Crippen LogP contribution is 2.33. The molecule has 0 atom stereocenters. The number of nitrogens with zero attached hydrogens (tertiary/aromatic N) is 1. The molecule has 3 heteroatoms. The van der Waals surface area contributed by atoms with Gasteiger partial charge in [0.25, 0.3) is 0 Å². The Morgan fingerprint density at radius 1 is 1.20 bits per heavy atom. The largest absolute Gasteiger partial charge is 0.381 e. The number of nitriles is 1. The van der Waals surface area contributed by atoms with E-state index in [4.69, 9.17) is 4.74 Å². The minimum atomic E-state index is -0.480. The molecule has 0 amide bonds. The van der Waals surface area contributed by atoms with E-state index in [0.29, 0.717) is 26.1 Å². The number of halogens is 1. The van der Waals surface area contributed by atoms with Crippen molar-refractivity contribution < 1.29 is 9.13 Å². The molecule has 2 rings (SSSR count). The first kappa shape index (κ1) is 10.1. The molecule has 0 aliphatic carbocycles. The summed E-state index contributed by atoms with van der Waals surface area (Å²) in [5.74, 6) is -0.265. The smallest absolute Gasteiger partial charge is 0.123 e. The molecule has 1 fully saturated rings. The first-order chi connectivity index (χ1) is 7.27. The van der Waals surface area contributed by atoms with Crippen molar-refractivity contribution in [3.05, 3.63) is 35.6 Å². The molecule has 0 radical (unpaired) electrons. The number of hydrogen-bond donors (Lipinski definition) is 0. The summed E-state index contributed by atoms with van der Waals surface area (Å²) in [6.07, 6.45) is 1.38. The van der Waals surface area contributed by atoms with Crippen molar-refractivity contribution in [2.45, 2.75) is 18.3 Å². The molecule has 1 aliphatic rings. The van der Waals surface area contributed by atoms with Crippen LogP contribution in [0.5, 0.6) is 0 Å². The van der Waals surface area contributed by atoms with Gasteiger partial charge in [0.1, 0.15) is 5.82 Å². The maximum absolute atomic E-state index is 12.8. The van der Waals surface area contributed by atoms with Crippen LogP contribution in [0, 0.1) is 17.1 Å². The Morgan fingerprint density at radius 2 is 1.80 bits per heavy atom. The lowest BCUT2D eigenvalue weighted by Gasteiger charge is -2.30. The van der Waals surface area contributed by atoms with E-state index in [9.17, 15) is 9.65 Å². The second-order valence-electron chi connectivity index (χ2n) is 3.81. The number of rotatable bonds is 1. The Labute approximate surface area is 88.3 Å². The molecule has 0 saturated carbocycles. The first-order valence-electron chi connectivity index (χ1n) is 5.02. The number of ether oxygens (including phenoxy) is 1. The molecule has 0 spiro atoms. The molecule has 1 aliphatic heterocycles. The van der Waals surface area contributed by atoms with Gasteiger partial charge in [0.05, 0.1) is 11.5 Å². The van der Waals surface area contributed by atoms with Crippen molar-refractivity contribution in [1.82, 2.24) is 0 Å². The highest BCUT2D eigenvalue weighted by molar-refractivity contribution is 5.33. The van der Waals surface area contributed by atoms with E-state index in [1.807, 2.05) is 0 Å². The lowest BCUT2D eigenvalue weighted by molar-refractivity contribution is 0.0675. The molecular weight excluding hydrogens is 193 g/mol. The van der Waals surface area contributed by atoms with Crippen molar-refractivity contribution in [1.29, 1.82) is 5.26 Å². The van der Waals surface area contributed by atoms with Gasteiger partial charge in [-0.2, -0.15) is 5.26 Å². The summed E-state index contributed by atoms with van der Waals surface area (Å²) in [6, 6.07) is 8.56. The molecule has 0 aromatic heterocycles. The minimum absolute atomic E-state index is 0.265. The summed E-state index contributed by atoms with van der Waals surface area (Å²) in [7, 11) is 0. The fourth-order valence-electron chi connectivity index (χ4n) is 1.95. The van der Waals surface area contributed by atoms with Gasteiger partial charge in [-0.05, 0) is 30.5 Å². The van der Waals surface area contributed by atoms with Gasteiger partial charge < -0.3 is 4.74 Å². The Hall–Kier alpha value is -1.40. The fraction of sp³-hybridized carbons (Fsp3) is 0.417. The maximum Gasteiger partial charge on any atom is 0.123 e. The summed E-state index contributed by atoms with van der Waals surface area (Å²) < 4.78 is 18.0. The molecular formula is C12H12FNO. The molecule has 15 heavy (non-hydrogen) atoms. The Kier molecular flexibility index (Phi) is 2.70. The van der Waals surface area contributed by atoms with E-state index in [2.05, 4.69) is 6.07 Å². The lowest BCUT2D eigenvalue weighted by Crippen LogP contribution is -2.32. The van der Waals surface area contributed by atoms with Gasteiger partial charge in [0, 0.05) is 13.2 Å². The second kappa shape index (κ2) is 4.00. The normalized spacial score (nSPS) is 19.5. The fourth-order valence-corrected chi connectivity index (χ4v) is 1.95. The predicted molar refractivity (Wildman–Crippen MR) is 53.7 cm³/mol. The minimum Gasteiger partial charge on any atom is -0.381 e. The van der Waals surface area contributed by atoms with Crippen LogP contribution in [-0.4, -0.2) is 13.2 Å². The van der Waals surface area contributed by atoms with Crippen LogP contribution in [-0.2, 0) is 10.2 Å². The Morgan fingerprint density at radius 3 is 2.33 bits per heavy atom. The van der Waals surface area contributed by atoms with Gasteiger partial charge in [-0.1, -0.05) is 12.1 Å². The zero-order valence-electron chi connectivity index (χ0n) is 8.37. The van der Waals surface area contributed by atoms with Crippen LogP contribution in [0.4, 0.5) is 4.39 Å². The van der Waals surface area contributed by atoms with E-state index in [1.165, 1.54) is 12.1 Å². The standard InChI is InChI=1S/C12H12FNO/c13-11-3-1-10(2-4-11)12(9-14)5-7-15-8-6-12/h1-4H,5-8H2. The molecule has 1 saturated heterocycles. The third-order valence-corrected chi connectivity index (χ3v) is 2.96. The van der Waals surface area contributed by atoms with Crippen LogP contribution in [0.1, 0.15) is 18.4 Å². The van der Waals surface area contributed by atoms with Gasteiger partial charge in [0.15, 0.2) is 0 Å². The van der Waals surface area contributed by atoms with E-state index >= 15 is 0 Å². The van der Waals surface area contributed by atoms with Crippen LogP contribution in [0.25, 0.3) is 0 Å².